The van der Waals surface area contributed by atoms with Gasteiger partial charge in [-0.05, 0) is 32.4 Å². The molecule has 0 amide bonds. The third kappa shape index (κ3) is 2.68. The van der Waals surface area contributed by atoms with Crippen LogP contribution in [0.4, 0.5) is 4.39 Å². The van der Waals surface area contributed by atoms with Gasteiger partial charge in [-0.15, -0.1) is 0 Å². The predicted molar refractivity (Wildman–Crippen MR) is 53.5 cm³/mol. The molecule has 0 fully saturated rings. The highest BCUT2D eigenvalue weighted by atomic mass is 19.1. The molecule has 0 aliphatic heterocycles. The van der Waals surface area contributed by atoms with Crippen molar-refractivity contribution in [3.05, 3.63) is 29.6 Å². The monoisotopic (exact) mass is 212 g/mol. The summed E-state index contributed by atoms with van der Waals surface area (Å²) >= 11 is 0. The second-order valence-electron chi connectivity index (χ2n) is 3.83. The Kier molecular flexibility index (Phi) is 2.98. The normalized spacial score (nSPS) is 11.2. The Bertz CT molecular complexity index is 385. The Labute approximate surface area is 87.5 Å². The zero-order chi connectivity index (χ0) is 11.6. The van der Waals surface area contributed by atoms with E-state index in [1.165, 1.54) is 19.9 Å². The number of aryl methyl sites for hydroxylation is 1. The van der Waals surface area contributed by atoms with Crippen molar-refractivity contribution in [2.45, 2.75) is 26.4 Å². The molecule has 4 heteroatoms. The van der Waals surface area contributed by atoms with Gasteiger partial charge in [0, 0.05) is 6.07 Å². The summed E-state index contributed by atoms with van der Waals surface area (Å²) in [4.78, 5) is 10.8. The van der Waals surface area contributed by atoms with Crippen molar-refractivity contribution in [1.82, 2.24) is 0 Å². The standard InChI is InChI=1S/C11H13FO3/c1-7-4-5-8(6-9(7)12)15-11(2,3)10(13)14/h4-6H,1-3H3,(H,13,14). The van der Waals surface area contributed by atoms with Crippen molar-refractivity contribution in [2.75, 3.05) is 0 Å². The van der Waals surface area contributed by atoms with Crippen LogP contribution in [0.25, 0.3) is 0 Å². The van der Waals surface area contributed by atoms with Crippen LogP contribution in [-0.4, -0.2) is 16.7 Å². The molecule has 1 rings (SSSR count). The lowest BCUT2D eigenvalue weighted by Gasteiger charge is -2.21. The summed E-state index contributed by atoms with van der Waals surface area (Å²) in [5.74, 6) is -1.29. The van der Waals surface area contributed by atoms with E-state index in [0.29, 0.717) is 5.56 Å². The molecule has 0 saturated heterocycles. The second-order valence-corrected chi connectivity index (χ2v) is 3.83. The molecule has 0 heterocycles. The zero-order valence-electron chi connectivity index (χ0n) is 8.87. The first-order valence-electron chi connectivity index (χ1n) is 4.51. The molecule has 0 spiro atoms. The van der Waals surface area contributed by atoms with Crippen LogP contribution in [0.1, 0.15) is 19.4 Å². The number of halogens is 1. The van der Waals surface area contributed by atoms with E-state index in [9.17, 15) is 9.18 Å². The van der Waals surface area contributed by atoms with Gasteiger partial charge in [0.1, 0.15) is 11.6 Å². The van der Waals surface area contributed by atoms with Gasteiger partial charge in [0.05, 0.1) is 0 Å². The van der Waals surface area contributed by atoms with Gasteiger partial charge in [0.25, 0.3) is 0 Å². The summed E-state index contributed by atoms with van der Waals surface area (Å²) in [6.45, 7) is 4.45. The highest BCUT2D eigenvalue weighted by molar-refractivity contribution is 5.76. The van der Waals surface area contributed by atoms with Crippen LogP contribution in [0, 0.1) is 12.7 Å². The quantitative estimate of drug-likeness (QED) is 0.836. The van der Waals surface area contributed by atoms with Gasteiger partial charge in [-0.2, -0.15) is 0 Å². The van der Waals surface area contributed by atoms with Crippen LogP contribution >= 0.6 is 0 Å². The summed E-state index contributed by atoms with van der Waals surface area (Å²) in [5, 5.41) is 8.81. The van der Waals surface area contributed by atoms with Gasteiger partial charge in [0.2, 0.25) is 0 Å². The molecular formula is C11H13FO3. The molecule has 0 unspecified atom stereocenters. The van der Waals surface area contributed by atoms with E-state index in [4.69, 9.17) is 9.84 Å². The average Bonchev–Trinajstić information content (AvgIpc) is 2.10. The molecule has 1 aromatic rings. The summed E-state index contributed by atoms with van der Waals surface area (Å²) < 4.78 is 18.3. The van der Waals surface area contributed by atoms with E-state index in [0.717, 1.165) is 0 Å². The van der Waals surface area contributed by atoms with Crippen molar-refractivity contribution >= 4 is 5.97 Å². The first-order chi connectivity index (χ1) is 6.83. The highest BCUT2D eigenvalue weighted by Gasteiger charge is 2.29. The van der Waals surface area contributed by atoms with E-state index in [1.54, 1.807) is 19.1 Å². The maximum atomic E-state index is 13.1. The second kappa shape index (κ2) is 3.88. The predicted octanol–water partition coefficient (Wildman–Crippen LogP) is 2.38. The number of carboxylic acid groups (broad SMARTS) is 1. The smallest absolute Gasteiger partial charge is 0.347 e. The number of benzene rings is 1. The lowest BCUT2D eigenvalue weighted by Crippen LogP contribution is -2.37. The first-order valence-corrected chi connectivity index (χ1v) is 4.51. The van der Waals surface area contributed by atoms with Crippen molar-refractivity contribution in [3.63, 3.8) is 0 Å². The van der Waals surface area contributed by atoms with Crippen molar-refractivity contribution < 1.29 is 19.0 Å². The fourth-order valence-corrected chi connectivity index (χ4v) is 0.975. The molecule has 1 aromatic carbocycles. The van der Waals surface area contributed by atoms with E-state index in [1.807, 2.05) is 0 Å². The van der Waals surface area contributed by atoms with Crippen LogP contribution in [0.2, 0.25) is 0 Å². The number of ether oxygens (including phenoxy) is 1. The molecule has 15 heavy (non-hydrogen) atoms. The third-order valence-corrected chi connectivity index (χ3v) is 2.03. The van der Waals surface area contributed by atoms with Crippen molar-refractivity contribution in [2.24, 2.45) is 0 Å². The Balaban J connectivity index is 2.91. The van der Waals surface area contributed by atoms with Crippen LogP contribution in [0.15, 0.2) is 18.2 Å². The molecule has 0 aromatic heterocycles. The van der Waals surface area contributed by atoms with Gasteiger partial charge in [-0.25, -0.2) is 9.18 Å². The van der Waals surface area contributed by atoms with E-state index >= 15 is 0 Å². The number of rotatable bonds is 3. The minimum atomic E-state index is -1.36. The lowest BCUT2D eigenvalue weighted by atomic mass is 10.1. The number of carboxylic acids is 1. The minimum Gasteiger partial charge on any atom is -0.478 e. The molecule has 0 atom stereocenters. The molecule has 3 nitrogen and oxygen atoms in total. The van der Waals surface area contributed by atoms with E-state index in [2.05, 4.69) is 0 Å². The highest BCUT2D eigenvalue weighted by Crippen LogP contribution is 2.21. The number of hydrogen-bond donors (Lipinski definition) is 1. The molecule has 0 saturated carbocycles. The maximum Gasteiger partial charge on any atom is 0.347 e. The van der Waals surface area contributed by atoms with Crippen LogP contribution in [0.3, 0.4) is 0 Å². The zero-order valence-corrected chi connectivity index (χ0v) is 8.87. The van der Waals surface area contributed by atoms with Gasteiger partial charge >= 0.3 is 5.97 Å². The van der Waals surface area contributed by atoms with Gasteiger partial charge in [-0.1, -0.05) is 6.07 Å². The van der Waals surface area contributed by atoms with Gasteiger partial charge < -0.3 is 9.84 Å². The fraction of sp³-hybridized carbons (Fsp3) is 0.364. The fourth-order valence-electron chi connectivity index (χ4n) is 0.975. The average molecular weight is 212 g/mol. The molecule has 0 aliphatic rings. The molecular weight excluding hydrogens is 199 g/mol. The summed E-state index contributed by atoms with van der Waals surface area (Å²) in [5.41, 5.74) is -0.864. The topological polar surface area (TPSA) is 46.5 Å². The molecule has 0 aliphatic carbocycles. The number of aliphatic carboxylic acids is 1. The van der Waals surface area contributed by atoms with E-state index < -0.39 is 17.4 Å². The SMILES string of the molecule is Cc1ccc(OC(C)(C)C(=O)O)cc1F. The first kappa shape index (κ1) is 11.5. The summed E-state index contributed by atoms with van der Waals surface area (Å²) in [6.07, 6.45) is 0. The molecule has 0 bridgehead atoms. The van der Waals surface area contributed by atoms with Gasteiger partial charge in [0.15, 0.2) is 5.60 Å². The van der Waals surface area contributed by atoms with Crippen LogP contribution in [-0.2, 0) is 4.79 Å². The van der Waals surface area contributed by atoms with Crippen molar-refractivity contribution in [3.8, 4) is 5.75 Å². The Hall–Kier alpha value is -1.58. The van der Waals surface area contributed by atoms with Crippen LogP contribution < -0.4 is 4.74 Å². The molecule has 1 N–H and O–H groups in total. The summed E-state index contributed by atoms with van der Waals surface area (Å²) in [7, 11) is 0. The lowest BCUT2D eigenvalue weighted by molar-refractivity contribution is -0.152. The Morgan fingerprint density at radius 3 is 2.53 bits per heavy atom. The Morgan fingerprint density at radius 2 is 2.07 bits per heavy atom. The maximum absolute atomic E-state index is 13.1. The van der Waals surface area contributed by atoms with E-state index in [-0.39, 0.29) is 5.75 Å². The largest absolute Gasteiger partial charge is 0.478 e. The number of carbonyl (C=O) groups is 1. The van der Waals surface area contributed by atoms with Crippen molar-refractivity contribution in [1.29, 1.82) is 0 Å². The summed E-state index contributed by atoms with van der Waals surface area (Å²) in [6, 6.07) is 4.27. The van der Waals surface area contributed by atoms with Gasteiger partial charge in [-0.3, -0.25) is 0 Å². The van der Waals surface area contributed by atoms with Crippen LogP contribution in [0.5, 0.6) is 5.75 Å². The minimum absolute atomic E-state index is 0.213. The third-order valence-electron chi connectivity index (χ3n) is 2.03. The molecule has 82 valence electrons. The molecule has 0 radical (unpaired) electrons. The number of hydrogen-bond acceptors (Lipinski definition) is 2. The Morgan fingerprint density at radius 1 is 1.47 bits per heavy atom.